The fraction of sp³-hybridized carbons (Fsp3) is 0.368. The van der Waals surface area contributed by atoms with Crippen molar-refractivity contribution < 1.29 is 0 Å². The zero-order valence-corrected chi connectivity index (χ0v) is 12.9. The minimum Gasteiger partial charge on any atom is -0.399 e. The maximum absolute atomic E-state index is 5.77. The molecule has 21 heavy (non-hydrogen) atoms. The molecule has 2 nitrogen and oxygen atoms in total. The van der Waals surface area contributed by atoms with E-state index in [0.29, 0.717) is 12.0 Å². The van der Waals surface area contributed by atoms with E-state index in [9.17, 15) is 0 Å². The summed E-state index contributed by atoms with van der Waals surface area (Å²) >= 11 is 0. The molecule has 1 saturated carbocycles. The zero-order chi connectivity index (χ0) is 14.8. The predicted molar refractivity (Wildman–Crippen MR) is 90.8 cm³/mol. The van der Waals surface area contributed by atoms with Crippen molar-refractivity contribution >= 4 is 11.4 Å². The average molecular weight is 280 g/mol. The normalized spacial score (nSPS) is 21.4. The molecule has 2 aromatic rings. The van der Waals surface area contributed by atoms with E-state index in [1.165, 1.54) is 41.6 Å². The van der Waals surface area contributed by atoms with Crippen molar-refractivity contribution in [1.29, 1.82) is 0 Å². The summed E-state index contributed by atoms with van der Waals surface area (Å²) in [6.45, 7) is 4.37. The Morgan fingerprint density at radius 3 is 2.52 bits per heavy atom. The summed E-state index contributed by atoms with van der Waals surface area (Å²) in [7, 11) is 0. The number of nitrogen functional groups attached to an aromatic ring is 1. The number of nitrogens with one attached hydrogen (secondary N) is 1. The Balaban J connectivity index is 1.67. The summed E-state index contributed by atoms with van der Waals surface area (Å²) in [4.78, 5) is 0. The van der Waals surface area contributed by atoms with Crippen LogP contribution in [0.1, 0.15) is 41.9 Å². The third-order valence-electron chi connectivity index (χ3n) is 4.80. The molecule has 110 valence electrons. The van der Waals surface area contributed by atoms with Crippen molar-refractivity contribution in [2.75, 3.05) is 11.1 Å². The highest BCUT2D eigenvalue weighted by atomic mass is 14.9. The Morgan fingerprint density at radius 2 is 1.76 bits per heavy atom. The molecule has 0 saturated heterocycles. The number of benzene rings is 2. The number of aryl methyl sites for hydroxylation is 1. The molecule has 2 atom stereocenters. The summed E-state index contributed by atoms with van der Waals surface area (Å²) in [5.74, 6) is 0.660. The number of rotatable bonds is 3. The van der Waals surface area contributed by atoms with E-state index in [1.807, 2.05) is 12.1 Å². The maximum atomic E-state index is 5.77. The Hall–Kier alpha value is -1.96. The second-order valence-electron chi connectivity index (χ2n) is 6.27. The highest BCUT2D eigenvalue weighted by Crippen LogP contribution is 2.36. The second kappa shape index (κ2) is 5.80. The van der Waals surface area contributed by atoms with Crippen LogP contribution in [0.4, 0.5) is 11.4 Å². The van der Waals surface area contributed by atoms with Crippen LogP contribution in [0.5, 0.6) is 0 Å². The number of hydrogen-bond acceptors (Lipinski definition) is 2. The lowest BCUT2D eigenvalue weighted by atomic mass is 9.97. The van der Waals surface area contributed by atoms with Crippen LogP contribution in [0, 0.1) is 13.8 Å². The van der Waals surface area contributed by atoms with Gasteiger partial charge in [0.25, 0.3) is 0 Å². The smallest absolute Gasteiger partial charge is 0.0374 e. The fourth-order valence-electron chi connectivity index (χ4n) is 3.31. The highest BCUT2D eigenvalue weighted by Gasteiger charge is 2.26. The topological polar surface area (TPSA) is 38.0 Å². The first kappa shape index (κ1) is 14.0. The highest BCUT2D eigenvalue weighted by molar-refractivity contribution is 5.54. The third-order valence-corrected chi connectivity index (χ3v) is 4.80. The summed E-state index contributed by atoms with van der Waals surface area (Å²) in [6, 6.07) is 15.5. The number of nitrogens with two attached hydrogens (primary N) is 1. The van der Waals surface area contributed by atoms with Gasteiger partial charge in [-0.25, -0.2) is 0 Å². The lowest BCUT2D eigenvalue weighted by molar-refractivity contribution is 0.702. The first-order valence-electron chi connectivity index (χ1n) is 7.81. The SMILES string of the molecule is Cc1cccc(NC2CCC(c3ccc(N)cc3)C2)c1C. The van der Waals surface area contributed by atoms with Crippen LogP contribution in [-0.2, 0) is 0 Å². The molecule has 0 spiro atoms. The predicted octanol–water partition coefficient (Wildman–Crippen LogP) is 4.63. The maximum Gasteiger partial charge on any atom is 0.0374 e. The van der Waals surface area contributed by atoms with Crippen LogP contribution in [0.25, 0.3) is 0 Å². The van der Waals surface area contributed by atoms with Gasteiger partial charge in [0.1, 0.15) is 0 Å². The van der Waals surface area contributed by atoms with Gasteiger partial charge in [0.2, 0.25) is 0 Å². The van der Waals surface area contributed by atoms with E-state index >= 15 is 0 Å². The van der Waals surface area contributed by atoms with Crippen molar-refractivity contribution in [3.63, 3.8) is 0 Å². The largest absolute Gasteiger partial charge is 0.399 e. The Labute approximate surface area is 127 Å². The molecule has 1 aliphatic rings. The van der Waals surface area contributed by atoms with E-state index in [0.717, 1.165) is 5.69 Å². The molecule has 2 unspecified atom stereocenters. The van der Waals surface area contributed by atoms with E-state index in [4.69, 9.17) is 5.73 Å². The van der Waals surface area contributed by atoms with E-state index in [1.54, 1.807) is 0 Å². The van der Waals surface area contributed by atoms with Gasteiger partial charge in [0.05, 0.1) is 0 Å². The van der Waals surface area contributed by atoms with Gasteiger partial charge in [-0.2, -0.15) is 0 Å². The van der Waals surface area contributed by atoms with Gasteiger partial charge in [-0.05, 0) is 73.9 Å². The molecule has 0 bridgehead atoms. The molecule has 0 aromatic heterocycles. The standard InChI is InChI=1S/C19H24N2/c1-13-4-3-5-19(14(13)2)21-18-11-8-16(12-18)15-6-9-17(20)10-7-15/h3-7,9-10,16,18,21H,8,11-12,20H2,1-2H3. The van der Waals surface area contributed by atoms with Crippen LogP contribution in [0.2, 0.25) is 0 Å². The van der Waals surface area contributed by atoms with Gasteiger partial charge in [-0.15, -0.1) is 0 Å². The lowest BCUT2D eigenvalue weighted by Gasteiger charge is -2.18. The quantitative estimate of drug-likeness (QED) is 0.804. The summed E-state index contributed by atoms with van der Waals surface area (Å²) in [5.41, 5.74) is 12.1. The Kier molecular flexibility index (Phi) is 3.87. The lowest BCUT2D eigenvalue weighted by Crippen LogP contribution is -2.16. The van der Waals surface area contributed by atoms with Gasteiger partial charge in [0, 0.05) is 17.4 Å². The van der Waals surface area contributed by atoms with Crippen molar-refractivity contribution in [3.8, 4) is 0 Å². The van der Waals surface area contributed by atoms with Crippen molar-refractivity contribution in [3.05, 3.63) is 59.2 Å². The first-order chi connectivity index (χ1) is 10.1. The van der Waals surface area contributed by atoms with Crippen molar-refractivity contribution in [2.24, 2.45) is 0 Å². The van der Waals surface area contributed by atoms with Gasteiger partial charge >= 0.3 is 0 Å². The zero-order valence-electron chi connectivity index (χ0n) is 12.9. The van der Waals surface area contributed by atoms with Crippen LogP contribution in [-0.4, -0.2) is 6.04 Å². The molecule has 0 aliphatic heterocycles. The van der Waals surface area contributed by atoms with E-state index < -0.39 is 0 Å². The molecule has 0 heterocycles. The molecule has 1 fully saturated rings. The molecular formula is C19H24N2. The molecule has 3 rings (SSSR count). The monoisotopic (exact) mass is 280 g/mol. The van der Waals surface area contributed by atoms with Crippen LogP contribution in [0.15, 0.2) is 42.5 Å². The van der Waals surface area contributed by atoms with E-state index in [-0.39, 0.29) is 0 Å². The minimum atomic E-state index is 0.577. The van der Waals surface area contributed by atoms with Gasteiger partial charge in [0.15, 0.2) is 0 Å². The van der Waals surface area contributed by atoms with Crippen LogP contribution >= 0.6 is 0 Å². The summed E-state index contributed by atoms with van der Waals surface area (Å²) in [6.07, 6.45) is 3.70. The van der Waals surface area contributed by atoms with Crippen LogP contribution < -0.4 is 11.1 Å². The van der Waals surface area contributed by atoms with Gasteiger partial charge in [-0.3, -0.25) is 0 Å². The second-order valence-corrected chi connectivity index (χ2v) is 6.27. The fourth-order valence-corrected chi connectivity index (χ4v) is 3.31. The molecule has 3 N–H and O–H groups in total. The molecule has 2 heteroatoms. The van der Waals surface area contributed by atoms with Gasteiger partial charge < -0.3 is 11.1 Å². The molecule has 0 amide bonds. The van der Waals surface area contributed by atoms with Gasteiger partial charge in [-0.1, -0.05) is 24.3 Å². The first-order valence-corrected chi connectivity index (χ1v) is 7.81. The molecule has 1 aliphatic carbocycles. The Bertz CT molecular complexity index is 616. The van der Waals surface area contributed by atoms with Crippen molar-refractivity contribution in [2.45, 2.75) is 45.1 Å². The third kappa shape index (κ3) is 3.05. The summed E-state index contributed by atoms with van der Waals surface area (Å²) in [5, 5.41) is 3.74. The Morgan fingerprint density at radius 1 is 1.00 bits per heavy atom. The van der Waals surface area contributed by atoms with Crippen molar-refractivity contribution in [1.82, 2.24) is 0 Å². The molecule has 0 radical (unpaired) electrons. The van der Waals surface area contributed by atoms with E-state index in [2.05, 4.69) is 49.5 Å². The number of hydrogen-bond donors (Lipinski definition) is 2. The average Bonchev–Trinajstić information content (AvgIpc) is 2.93. The van der Waals surface area contributed by atoms with Crippen LogP contribution in [0.3, 0.4) is 0 Å². The molecular weight excluding hydrogens is 256 g/mol. The molecule has 2 aromatic carbocycles. The number of anilines is 2. The minimum absolute atomic E-state index is 0.577. The summed E-state index contributed by atoms with van der Waals surface area (Å²) < 4.78 is 0.